The summed E-state index contributed by atoms with van der Waals surface area (Å²) in [6, 6.07) is 11.2. The van der Waals surface area contributed by atoms with Gasteiger partial charge in [-0.1, -0.05) is 30.2 Å². The van der Waals surface area contributed by atoms with Crippen LogP contribution in [0.25, 0.3) is 10.2 Å². The van der Waals surface area contributed by atoms with E-state index in [9.17, 15) is 9.59 Å². The van der Waals surface area contributed by atoms with Gasteiger partial charge < -0.3 is 10.1 Å². The first-order valence-corrected chi connectivity index (χ1v) is 11.5. The number of thiophene rings is 1. The highest BCUT2D eigenvalue weighted by molar-refractivity contribution is 7.21. The lowest BCUT2D eigenvalue weighted by atomic mass is 10.0. The molecule has 4 rings (SSSR count). The molecule has 0 unspecified atom stereocenters. The van der Waals surface area contributed by atoms with Crippen molar-refractivity contribution in [3.63, 3.8) is 0 Å². The van der Waals surface area contributed by atoms with Gasteiger partial charge in [-0.2, -0.15) is 0 Å². The zero-order valence-electron chi connectivity index (χ0n) is 17.5. The van der Waals surface area contributed by atoms with Crippen molar-refractivity contribution in [2.45, 2.75) is 38.8 Å². The number of carbonyl (C=O) groups is 2. The van der Waals surface area contributed by atoms with Gasteiger partial charge >= 0.3 is 5.97 Å². The summed E-state index contributed by atoms with van der Waals surface area (Å²) in [6.07, 6.45) is 3.67. The molecule has 3 heterocycles. The molecule has 162 valence electrons. The van der Waals surface area contributed by atoms with Crippen molar-refractivity contribution in [1.82, 2.24) is 9.88 Å². The Labute approximate surface area is 190 Å². The van der Waals surface area contributed by atoms with Crippen LogP contribution in [0, 0.1) is 0 Å². The van der Waals surface area contributed by atoms with Gasteiger partial charge in [0.15, 0.2) is 0 Å². The molecule has 1 amide bonds. The average Bonchev–Trinajstić information content (AvgIpc) is 3.12. The summed E-state index contributed by atoms with van der Waals surface area (Å²) in [4.78, 5) is 33.5. The molecule has 0 radical (unpaired) electrons. The molecule has 1 N–H and O–H groups in total. The fraction of sp³-hybridized carbons (Fsp3) is 0.348. The number of hydrogen-bond acceptors (Lipinski definition) is 6. The van der Waals surface area contributed by atoms with Gasteiger partial charge in [0, 0.05) is 18.0 Å². The fourth-order valence-corrected chi connectivity index (χ4v) is 5.18. The van der Waals surface area contributed by atoms with Crippen molar-refractivity contribution >= 4 is 50.7 Å². The van der Waals surface area contributed by atoms with E-state index in [-0.39, 0.29) is 5.91 Å². The minimum absolute atomic E-state index is 0.314. The highest BCUT2D eigenvalue weighted by atomic mass is 35.5. The van der Waals surface area contributed by atoms with Crippen molar-refractivity contribution in [3.05, 3.63) is 57.6 Å². The van der Waals surface area contributed by atoms with E-state index in [1.807, 2.05) is 12.1 Å². The number of nitrogens with zero attached hydrogens (tertiary/aromatic N) is 2. The SMILES string of the molecule is COC(=O)c1sc2nc(CN3CCCC[C@@H]3C)ccc2c1NC(=O)c1ccccc1Cl. The van der Waals surface area contributed by atoms with E-state index >= 15 is 0 Å². The first kappa shape index (κ1) is 21.7. The van der Waals surface area contributed by atoms with E-state index in [4.69, 9.17) is 21.3 Å². The second kappa shape index (κ2) is 9.34. The summed E-state index contributed by atoms with van der Waals surface area (Å²) in [5.74, 6) is -0.898. The fourth-order valence-electron chi connectivity index (χ4n) is 3.89. The van der Waals surface area contributed by atoms with Gasteiger partial charge in [-0.25, -0.2) is 9.78 Å². The lowest BCUT2D eigenvalue weighted by molar-refractivity contribution is 0.0607. The number of pyridine rings is 1. The second-order valence-corrected chi connectivity index (χ2v) is 9.11. The molecular formula is C23H24ClN3O3S. The maximum atomic E-state index is 12.8. The van der Waals surface area contributed by atoms with Gasteiger partial charge in [-0.05, 0) is 50.6 Å². The van der Waals surface area contributed by atoms with Crippen LogP contribution in [0.5, 0.6) is 0 Å². The predicted molar refractivity (Wildman–Crippen MR) is 124 cm³/mol. The highest BCUT2D eigenvalue weighted by Gasteiger charge is 2.24. The number of halogens is 1. The van der Waals surface area contributed by atoms with Crippen LogP contribution in [0.4, 0.5) is 5.69 Å². The lowest BCUT2D eigenvalue weighted by Crippen LogP contribution is -2.36. The molecule has 1 aliphatic rings. The van der Waals surface area contributed by atoms with Gasteiger partial charge in [0.2, 0.25) is 0 Å². The molecule has 1 aliphatic heterocycles. The maximum Gasteiger partial charge on any atom is 0.350 e. The summed E-state index contributed by atoms with van der Waals surface area (Å²) in [7, 11) is 1.32. The lowest BCUT2D eigenvalue weighted by Gasteiger charge is -2.32. The van der Waals surface area contributed by atoms with Crippen molar-refractivity contribution in [3.8, 4) is 0 Å². The average molecular weight is 458 g/mol. The first-order valence-electron chi connectivity index (χ1n) is 10.3. The Kier molecular flexibility index (Phi) is 6.55. The Morgan fingerprint density at radius 3 is 2.81 bits per heavy atom. The molecule has 0 saturated carbocycles. The Balaban J connectivity index is 1.67. The Bertz CT molecular complexity index is 1130. The second-order valence-electron chi connectivity index (χ2n) is 7.70. The van der Waals surface area contributed by atoms with Crippen LogP contribution in [0.15, 0.2) is 36.4 Å². The number of likely N-dealkylation sites (tertiary alicyclic amines) is 1. The normalized spacial score (nSPS) is 16.9. The number of anilines is 1. The van der Waals surface area contributed by atoms with Crippen molar-refractivity contribution in [2.75, 3.05) is 19.0 Å². The third kappa shape index (κ3) is 4.59. The Morgan fingerprint density at radius 1 is 1.26 bits per heavy atom. The van der Waals surface area contributed by atoms with E-state index in [1.54, 1.807) is 24.3 Å². The third-order valence-electron chi connectivity index (χ3n) is 5.65. The number of esters is 1. The minimum atomic E-state index is -0.510. The number of amides is 1. The number of fused-ring (bicyclic) bond motifs is 1. The van der Waals surface area contributed by atoms with Gasteiger partial charge in [0.25, 0.3) is 5.91 Å². The topological polar surface area (TPSA) is 71.5 Å². The molecule has 3 aromatic rings. The van der Waals surface area contributed by atoms with Crippen molar-refractivity contribution < 1.29 is 14.3 Å². The highest BCUT2D eigenvalue weighted by Crippen LogP contribution is 2.36. The zero-order valence-corrected chi connectivity index (χ0v) is 19.1. The summed E-state index contributed by atoms with van der Waals surface area (Å²) in [6.45, 7) is 4.09. The van der Waals surface area contributed by atoms with Crippen LogP contribution in [-0.4, -0.2) is 41.5 Å². The smallest absolute Gasteiger partial charge is 0.350 e. The minimum Gasteiger partial charge on any atom is -0.465 e. The summed E-state index contributed by atoms with van der Waals surface area (Å²) < 4.78 is 4.94. The molecule has 8 heteroatoms. The van der Waals surface area contributed by atoms with Gasteiger partial charge in [0.1, 0.15) is 9.71 Å². The Hall–Kier alpha value is -2.48. The van der Waals surface area contributed by atoms with Gasteiger partial charge in [-0.3, -0.25) is 9.69 Å². The number of ether oxygens (including phenoxy) is 1. The number of nitrogens with one attached hydrogen (secondary N) is 1. The van der Waals surface area contributed by atoms with Crippen molar-refractivity contribution in [1.29, 1.82) is 0 Å². The molecule has 2 aromatic heterocycles. The number of methoxy groups -OCH3 is 1. The standard InChI is InChI=1S/C23H24ClN3O3S/c1-14-7-5-6-12-27(14)13-15-10-11-17-19(20(23(29)30-2)31-22(17)25-15)26-21(28)16-8-3-4-9-18(16)24/h3-4,8-11,14H,5-7,12-13H2,1-2H3,(H,26,28)/t14-/m0/s1. The molecule has 1 fully saturated rings. The van der Waals surface area contributed by atoms with Crippen LogP contribution in [0.2, 0.25) is 5.02 Å². The molecule has 0 spiro atoms. The van der Waals surface area contributed by atoms with E-state index in [0.29, 0.717) is 37.4 Å². The summed E-state index contributed by atoms with van der Waals surface area (Å²) in [5, 5.41) is 3.90. The van der Waals surface area contributed by atoms with Gasteiger partial charge in [-0.15, -0.1) is 11.3 Å². The van der Waals surface area contributed by atoms with Gasteiger partial charge in [0.05, 0.1) is 29.1 Å². The number of rotatable bonds is 5. The zero-order chi connectivity index (χ0) is 22.0. The number of hydrogen-bond donors (Lipinski definition) is 1. The largest absolute Gasteiger partial charge is 0.465 e. The summed E-state index contributed by atoms with van der Waals surface area (Å²) in [5.41, 5.74) is 1.69. The molecule has 1 aromatic carbocycles. The van der Waals surface area contributed by atoms with Crippen molar-refractivity contribution in [2.24, 2.45) is 0 Å². The van der Waals surface area contributed by atoms with Crippen LogP contribution in [0.1, 0.15) is 51.9 Å². The molecule has 6 nitrogen and oxygen atoms in total. The third-order valence-corrected chi connectivity index (χ3v) is 7.06. The number of piperidine rings is 1. The van der Waals surface area contributed by atoms with Crippen LogP contribution in [-0.2, 0) is 11.3 Å². The number of carbonyl (C=O) groups excluding carboxylic acids is 2. The molecule has 1 atom stereocenters. The monoisotopic (exact) mass is 457 g/mol. The van der Waals surface area contributed by atoms with E-state index in [2.05, 4.69) is 17.1 Å². The molecular weight excluding hydrogens is 434 g/mol. The first-order chi connectivity index (χ1) is 15.0. The Morgan fingerprint density at radius 2 is 2.06 bits per heavy atom. The summed E-state index contributed by atoms with van der Waals surface area (Å²) >= 11 is 7.39. The molecule has 0 bridgehead atoms. The quantitative estimate of drug-likeness (QED) is 0.522. The number of aromatic nitrogens is 1. The predicted octanol–water partition coefficient (Wildman–Crippen LogP) is 5.36. The van der Waals surface area contributed by atoms with E-state index < -0.39 is 5.97 Å². The van der Waals surface area contributed by atoms with Crippen LogP contribution < -0.4 is 5.32 Å². The van der Waals surface area contributed by atoms with E-state index in [0.717, 1.165) is 18.8 Å². The molecule has 0 aliphatic carbocycles. The van der Waals surface area contributed by atoms with Crippen LogP contribution in [0.3, 0.4) is 0 Å². The maximum absolute atomic E-state index is 12.8. The number of benzene rings is 1. The molecule has 1 saturated heterocycles. The molecule has 31 heavy (non-hydrogen) atoms. The van der Waals surface area contributed by atoms with E-state index in [1.165, 1.54) is 37.7 Å². The van der Waals surface area contributed by atoms with Crippen LogP contribution >= 0.6 is 22.9 Å².